The maximum atomic E-state index is 13.9. The van der Waals surface area contributed by atoms with Gasteiger partial charge in [-0.25, -0.2) is 9.18 Å². The first-order chi connectivity index (χ1) is 14.1. The van der Waals surface area contributed by atoms with Gasteiger partial charge in [-0.05, 0) is 24.3 Å². The van der Waals surface area contributed by atoms with Crippen LogP contribution in [-0.2, 0) is 0 Å². The second-order valence-corrected chi connectivity index (χ2v) is 6.70. The van der Waals surface area contributed by atoms with Crippen LogP contribution in [0.4, 0.5) is 20.6 Å². The van der Waals surface area contributed by atoms with Crippen molar-refractivity contribution in [1.82, 2.24) is 10.2 Å². The van der Waals surface area contributed by atoms with Crippen molar-refractivity contribution in [2.45, 2.75) is 0 Å². The van der Waals surface area contributed by atoms with E-state index in [1.54, 1.807) is 31.4 Å². The molecule has 0 atom stereocenters. The maximum absolute atomic E-state index is 13.9. The van der Waals surface area contributed by atoms with Crippen LogP contribution in [-0.4, -0.2) is 64.4 Å². The van der Waals surface area contributed by atoms with Gasteiger partial charge in [-0.2, -0.15) is 0 Å². The van der Waals surface area contributed by atoms with Gasteiger partial charge in [0.1, 0.15) is 5.82 Å². The Balaban J connectivity index is 1.42. The van der Waals surface area contributed by atoms with Gasteiger partial charge in [0.15, 0.2) is 11.5 Å². The number of anilines is 2. The summed E-state index contributed by atoms with van der Waals surface area (Å²) in [5.41, 5.74) is 1.19. The highest BCUT2D eigenvalue weighted by Crippen LogP contribution is 2.34. The first kappa shape index (κ1) is 20.7. The molecule has 0 saturated carbocycles. The summed E-state index contributed by atoms with van der Waals surface area (Å²) in [6.45, 7) is 4.40. The van der Waals surface area contributed by atoms with E-state index in [-0.39, 0.29) is 11.8 Å². The molecule has 2 aromatic carbocycles. The number of halogens is 1. The number of amides is 2. The largest absolute Gasteiger partial charge is 0.493 e. The highest BCUT2D eigenvalue weighted by Gasteiger charge is 2.19. The number of nitrogens with zero attached hydrogens (tertiary/aromatic N) is 2. The number of hydrogen-bond acceptors (Lipinski definition) is 5. The number of hydrogen-bond donors (Lipinski definition) is 2. The summed E-state index contributed by atoms with van der Waals surface area (Å²) in [4.78, 5) is 16.5. The number of urea groups is 1. The van der Waals surface area contributed by atoms with E-state index >= 15 is 0 Å². The van der Waals surface area contributed by atoms with E-state index < -0.39 is 0 Å². The fraction of sp³-hybridized carbons (Fsp3) is 0.381. The zero-order valence-corrected chi connectivity index (χ0v) is 16.8. The van der Waals surface area contributed by atoms with Crippen LogP contribution in [0.3, 0.4) is 0 Å². The van der Waals surface area contributed by atoms with E-state index in [1.165, 1.54) is 13.2 Å². The van der Waals surface area contributed by atoms with Gasteiger partial charge in [0.05, 0.1) is 25.6 Å². The Morgan fingerprint density at radius 2 is 1.79 bits per heavy atom. The lowest BCUT2D eigenvalue weighted by Gasteiger charge is -2.36. The molecule has 1 saturated heterocycles. The maximum Gasteiger partial charge on any atom is 0.319 e. The number of benzene rings is 2. The standard InChI is InChI=1S/C21H27FN4O3/c1-28-19-9-5-7-17(20(19)29-2)24-21(27)23-10-11-25-12-14-26(15-13-25)18-8-4-3-6-16(18)22/h3-9H,10-15H2,1-2H3,(H2,23,24,27). The monoisotopic (exact) mass is 402 g/mol. The molecule has 156 valence electrons. The van der Waals surface area contributed by atoms with Crippen LogP contribution in [0.25, 0.3) is 0 Å². The first-order valence-corrected chi connectivity index (χ1v) is 9.60. The Morgan fingerprint density at radius 3 is 2.48 bits per heavy atom. The SMILES string of the molecule is COc1cccc(NC(=O)NCCN2CCN(c3ccccc3F)CC2)c1OC. The van der Waals surface area contributed by atoms with Gasteiger partial charge < -0.3 is 25.0 Å². The highest BCUT2D eigenvalue weighted by molar-refractivity contribution is 5.91. The number of carbonyl (C=O) groups excluding carboxylic acids is 1. The summed E-state index contributed by atoms with van der Waals surface area (Å²) in [6.07, 6.45) is 0. The molecule has 1 fully saturated rings. The molecule has 3 rings (SSSR count). The third kappa shape index (κ3) is 5.29. The summed E-state index contributed by atoms with van der Waals surface area (Å²) in [6, 6.07) is 11.8. The summed E-state index contributed by atoms with van der Waals surface area (Å²) >= 11 is 0. The van der Waals surface area contributed by atoms with Crippen LogP contribution in [0.1, 0.15) is 0 Å². The number of rotatable bonds is 7. The smallest absolute Gasteiger partial charge is 0.319 e. The van der Waals surface area contributed by atoms with Gasteiger partial charge in [0.25, 0.3) is 0 Å². The van der Waals surface area contributed by atoms with Crippen LogP contribution in [0.2, 0.25) is 0 Å². The Labute approximate surface area is 170 Å². The van der Waals surface area contributed by atoms with Crippen molar-refractivity contribution in [3.8, 4) is 11.5 Å². The second-order valence-electron chi connectivity index (χ2n) is 6.70. The van der Waals surface area contributed by atoms with E-state index in [9.17, 15) is 9.18 Å². The van der Waals surface area contributed by atoms with Crippen molar-refractivity contribution >= 4 is 17.4 Å². The van der Waals surface area contributed by atoms with E-state index in [0.717, 1.165) is 32.7 Å². The number of nitrogens with one attached hydrogen (secondary N) is 2. The summed E-state index contributed by atoms with van der Waals surface area (Å²) < 4.78 is 24.5. The molecular formula is C21H27FN4O3. The summed E-state index contributed by atoms with van der Waals surface area (Å²) in [5, 5.41) is 5.64. The highest BCUT2D eigenvalue weighted by atomic mass is 19.1. The van der Waals surface area contributed by atoms with Crippen molar-refractivity contribution in [2.75, 3.05) is 63.7 Å². The number of piperazine rings is 1. The number of ether oxygens (including phenoxy) is 2. The molecule has 2 amide bonds. The predicted octanol–water partition coefficient (Wildman–Crippen LogP) is 2.79. The molecule has 8 heteroatoms. The van der Waals surface area contributed by atoms with Gasteiger partial charge in [-0.1, -0.05) is 18.2 Å². The molecule has 1 aliphatic rings. The van der Waals surface area contributed by atoms with Crippen LogP contribution >= 0.6 is 0 Å². The molecule has 0 unspecified atom stereocenters. The molecule has 2 N–H and O–H groups in total. The van der Waals surface area contributed by atoms with Crippen LogP contribution in [0, 0.1) is 5.82 Å². The van der Waals surface area contributed by atoms with Crippen molar-refractivity contribution < 1.29 is 18.7 Å². The lowest BCUT2D eigenvalue weighted by Crippen LogP contribution is -2.49. The summed E-state index contributed by atoms with van der Waals surface area (Å²) in [7, 11) is 3.08. The molecule has 0 spiro atoms. The number of carbonyl (C=O) groups is 1. The Morgan fingerprint density at radius 1 is 1.03 bits per heavy atom. The van der Waals surface area contributed by atoms with E-state index in [0.29, 0.717) is 29.4 Å². The van der Waals surface area contributed by atoms with E-state index in [2.05, 4.69) is 20.4 Å². The Bertz CT molecular complexity index is 825. The van der Waals surface area contributed by atoms with Crippen molar-refractivity contribution in [3.05, 3.63) is 48.3 Å². The van der Waals surface area contributed by atoms with Crippen molar-refractivity contribution in [1.29, 1.82) is 0 Å². The predicted molar refractivity (Wildman–Crippen MR) is 112 cm³/mol. The second kappa shape index (κ2) is 9.97. The van der Waals surface area contributed by atoms with Crippen LogP contribution in [0.15, 0.2) is 42.5 Å². The fourth-order valence-electron chi connectivity index (χ4n) is 3.40. The quantitative estimate of drug-likeness (QED) is 0.746. The third-order valence-corrected chi connectivity index (χ3v) is 4.93. The van der Waals surface area contributed by atoms with Gasteiger partial charge in [-0.15, -0.1) is 0 Å². The molecular weight excluding hydrogens is 375 g/mol. The molecule has 0 radical (unpaired) electrons. The lowest BCUT2D eigenvalue weighted by atomic mass is 10.2. The topological polar surface area (TPSA) is 66.1 Å². The minimum absolute atomic E-state index is 0.188. The van der Waals surface area contributed by atoms with E-state index in [1.807, 2.05) is 12.1 Å². The summed E-state index contributed by atoms with van der Waals surface area (Å²) in [5.74, 6) is 0.847. The molecule has 7 nitrogen and oxygen atoms in total. The van der Waals surface area contributed by atoms with Gasteiger partial charge in [-0.3, -0.25) is 4.90 Å². The van der Waals surface area contributed by atoms with Crippen molar-refractivity contribution in [2.24, 2.45) is 0 Å². The average Bonchev–Trinajstić information content (AvgIpc) is 2.74. The first-order valence-electron chi connectivity index (χ1n) is 9.60. The Kier molecular flexibility index (Phi) is 7.13. The van der Waals surface area contributed by atoms with Crippen LogP contribution < -0.4 is 25.0 Å². The van der Waals surface area contributed by atoms with Gasteiger partial charge in [0, 0.05) is 39.3 Å². The fourth-order valence-corrected chi connectivity index (χ4v) is 3.40. The third-order valence-electron chi connectivity index (χ3n) is 4.93. The molecule has 1 aliphatic heterocycles. The van der Waals surface area contributed by atoms with Gasteiger partial charge >= 0.3 is 6.03 Å². The zero-order valence-electron chi connectivity index (χ0n) is 16.8. The molecule has 0 bridgehead atoms. The molecule has 0 aliphatic carbocycles. The zero-order chi connectivity index (χ0) is 20.6. The normalized spacial score (nSPS) is 14.4. The molecule has 1 heterocycles. The minimum atomic E-state index is -0.304. The molecule has 2 aromatic rings. The average molecular weight is 402 g/mol. The molecule has 29 heavy (non-hydrogen) atoms. The van der Waals surface area contributed by atoms with Crippen molar-refractivity contribution in [3.63, 3.8) is 0 Å². The van der Waals surface area contributed by atoms with Crippen LogP contribution in [0.5, 0.6) is 11.5 Å². The van der Waals surface area contributed by atoms with Gasteiger partial charge in [0.2, 0.25) is 0 Å². The molecule has 0 aromatic heterocycles. The Hall–Kier alpha value is -3.00. The minimum Gasteiger partial charge on any atom is -0.493 e. The number of methoxy groups -OCH3 is 2. The van der Waals surface area contributed by atoms with E-state index in [4.69, 9.17) is 9.47 Å². The lowest BCUT2D eigenvalue weighted by molar-refractivity contribution is 0.240. The number of para-hydroxylation sites is 2.